The Balaban J connectivity index is 2.07. The summed E-state index contributed by atoms with van der Waals surface area (Å²) in [6.45, 7) is 7.49. The zero-order valence-corrected chi connectivity index (χ0v) is 15.6. The second kappa shape index (κ2) is 7.56. The molecule has 1 fully saturated rings. The highest BCUT2D eigenvalue weighted by molar-refractivity contribution is 5.68. The van der Waals surface area contributed by atoms with Crippen LogP contribution in [0.4, 0.5) is 19.3 Å². The highest BCUT2D eigenvalue weighted by atomic mass is 19.1. The largest absolute Gasteiger partial charge is 0.444 e. The molecule has 1 aromatic rings. The van der Waals surface area contributed by atoms with Gasteiger partial charge in [0, 0.05) is 38.3 Å². The van der Waals surface area contributed by atoms with E-state index in [1.807, 2.05) is 25.7 Å². The third kappa shape index (κ3) is 5.04. The van der Waals surface area contributed by atoms with Gasteiger partial charge in [-0.1, -0.05) is 0 Å². The third-order valence-electron chi connectivity index (χ3n) is 3.91. The maximum absolute atomic E-state index is 14.7. The Morgan fingerprint density at radius 1 is 1.16 bits per heavy atom. The molecule has 2 rings (SSSR count). The molecule has 0 bridgehead atoms. The fourth-order valence-electron chi connectivity index (χ4n) is 2.75. The molecule has 0 aliphatic carbocycles. The lowest BCUT2D eigenvalue weighted by Gasteiger charge is -2.37. The van der Waals surface area contributed by atoms with E-state index < -0.39 is 17.2 Å². The fourth-order valence-corrected chi connectivity index (χ4v) is 2.75. The van der Waals surface area contributed by atoms with E-state index in [1.54, 1.807) is 23.9 Å². The average Bonchev–Trinajstić information content (AvgIpc) is 2.50. The number of halogens is 2. The summed E-state index contributed by atoms with van der Waals surface area (Å²) in [6.07, 6.45) is -0.361. The first-order valence-electron chi connectivity index (χ1n) is 8.43. The van der Waals surface area contributed by atoms with Gasteiger partial charge in [0.25, 0.3) is 0 Å². The maximum atomic E-state index is 14.7. The minimum atomic E-state index is -0.543. The minimum Gasteiger partial charge on any atom is -0.444 e. The molecule has 140 valence electrons. The number of nitrogens with zero attached hydrogens (tertiary/aromatic N) is 3. The van der Waals surface area contributed by atoms with E-state index >= 15 is 0 Å². The van der Waals surface area contributed by atoms with Crippen molar-refractivity contribution < 1.29 is 18.3 Å². The van der Waals surface area contributed by atoms with Crippen LogP contribution in [0, 0.1) is 11.6 Å². The van der Waals surface area contributed by atoms with Crippen molar-refractivity contribution in [2.75, 3.05) is 45.2 Å². The molecule has 0 unspecified atom stereocenters. The number of carbonyl (C=O) groups excluding carboxylic acids is 1. The molecule has 0 aromatic heterocycles. The van der Waals surface area contributed by atoms with E-state index in [0.717, 1.165) is 0 Å². The number of amides is 1. The Kier molecular flexibility index (Phi) is 5.87. The van der Waals surface area contributed by atoms with E-state index in [0.29, 0.717) is 31.9 Å². The van der Waals surface area contributed by atoms with Gasteiger partial charge in [0.15, 0.2) is 5.82 Å². The molecule has 1 saturated heterocycles. The Morgan fingerprint density at radius 2 is 1.76 bits per heavy atom. The number of anilines is 1. The summed E-state index contributed by atoms with van der Waals surface area (Å²) in [6, 6.07) is 2.77. The lowest BCUT2D eigenvalue weighted by Crippen LogP contribution is -2.50. The number of piperazine rings is 1. The average molecular weight is 355 g/mol. The zero-order valence-electron chi connectivity index (χ0n) is 15.6. The van der Waals surface area contributed by atoms with Crippen LogP contribution in [0.15, 0.2) is 12.1 Å². The Morgan fingerprint density at radius 3 is 2.28 bits per heavy atom. The summed E-state index contributed by atoms with van der Waals surface area (Å²) in [4.78, 5) is 17.3. The predicted molar refractivity (Wildman–Crippen MR) is 93.8 cm³/mol. The van der Waals surface area contributed by atoms with Crippen LogP contribution in [0.5, 0.6) is 0 Å². The molecular weight excluding hydrogens is 328 g/mol. The molecule has 0 saturated carbocycles. The number of benzene rings is 1. The van der Waals surface area contributed by atoms with Crippen molar-refractivity contribution in [1.29, 1.82) is 0 Å². The zero-order chi connectivity index (χ0) is 18.8. The molecule has 5 nitrogen and oxygen atoms in total. The van der Waals surface area contributed by atoms with Gasteiger partial charge in [0.05, 0.1) is 5.69 Å². The Hall–Kier alpha value is -1.89. The molecule has 1 heterocycles. The molecule has 1 aliphatic rings. The first kappa shape index (κ1) is 19.4. The van der Waals surface area contributed by atoms with Crippen LogP contribution in [0.2, 0.25) is 0 Å². The van der Waals surface area contributed by atoms with E-state index in [2.05, 4.69) is 0 Å². The van der Waals surface area contributed by atoms with E-state index in [9.17, 15) is 13.6 Å². The fraction of sp³-hybridized carbons (Fsp3) is 0.611. The molecular formula is C18H27F2N3O2. The minimum absolute atomic E-state index is 0.0667. The van der Waals surface area contributed by atoms with Gasteiger partial charge in [-0.15, -0.1) is 0 Å². The van der Waals surface area contributed by atoms with Crippen LogP contribution in [-0.2, 0) is 11.3 Å². The third-order valence-corrected chi connectivity index (χ3v) is 3.91. The first-order chi connectivity index (χ1) is 11.6. The van der Waals surface area contributed by atoms with Gasteiger partial charge in [-0.2, -0.15) is 0 Å². The number of carbonyl (C=O) groups is 1. The molecule has 7 heteroatoms. The SMILES string of the molecule is CN(C)Cc1c(F)ccc(N2CCN(C(=O)OC(C)(C)C)CC2)c1F. The van der Waals surface area contributed by atoms with Gasteiger partial charge < -0.3 is 19.4 Å². The van der Waals surface area contributed by atoms with E-state index in [1.165, 1.54) is 12.1 Å². The standard InChI is InChI=1S/C18H27F2N3O2/c1-18(2,3)25-17(24)23-10-8-22(9-11-23)15-7-6-14(19)13(16(15)20)12-21(4)5/h6-7H,8-12H2,1-5H3. The maximum Gasteiger partial charge on any atom is 0.410 e. The lowest BCUT2D eigenvalue weighted by molar-refractivity contribution is 0.0240. The number of hydrogen-bond donors (Lipinski definition) is 0. The van der Waals surface area contributed by atoms with Crippen molar-refractivity contribution in [2.24, 2.45) is 0 Å². The summed E-state index contributed by atoms with van der Waals surface area (Å²) in [7, 11) is 3.54. The molecule has 0 atom stereocenters. The van der Waals surface area contributed by atoms with Gasteiger partial charge in [-0.25, -0.2) is 13.6 Å². The summed E-state index contributed by atoms with van der Waals surface area (Å²) in [5, 5.41) is 0. The van der Waals surface area contributed by atoms with Crippen LogP contribution < -0.4 is 4.90 Å². The molecule has 1 amide bonds. The molecule has 0 spiro atoms. The van der Waals surface area contributed by atoms with Crippen LogP contribution in [-0.4, -0.2) is 61.8 Å². The van der Waals surface area contributed by atoms with Gasteiger partial charge in [-0.05, 0) is 47.0 Å². The summed E-state index contributed by atoms with van der Waals surface area (Å²) in [5.41, 5.74) is -0.0996. The normalized spacial score (nSPS) is 15.7. The summed E-state index contributed by atoms with van der Waals surface area (Å²) in [5.74, 6) is -1.07. The highest BCUT2D eigenvalue weighted by Gasteiger charge is 2.27. The highest BCUT2D eigenvalue weighted by Crippen LogP contribution is 2.26. The van der Waals surface area contributed by atoms with Crippen LogP contribution >= 0.6 is 0 Å². The molecule has 0 radical (unpaired) electrons. The van der Waals surface area contributed by atoms with Crippen molar-refractivity contribution in [1.82, 2.24) is 9.80 Å². The van der Waals surface area contributed by atoms with Gasteiger partial charge in [0.2, 0.25) is 0 Å². The van der Waals surface area contributed by atoms with Gasteiger partial charge >= 0.3 is 6.09 Å². The van der Waals surface area contributed by atoms with Crippen molar-refractivity contribution in [2.45, 2.75) is 32.9 Å². The summed E-state index contributed by atoms with van der Waals surface area (Å²) >= 11 is 0. The van der Waals surface area contributed by atoms with Crippen LogP contribution in [0.25, 0.3) is 0 Å². The molecule has 1 aromatic carbocycles. The Labute approximate surface area is 148 Å². The van der Waals surface area contributed by atoms with Crippen molar-refractivity contribution in [3.8, 4) is 0 Å². The van der Waals surface area contributed by atoms with Crippen molar-refractivity contribution >= 4 is 11.8 Å². The second-order valence-electron chi connectivity index (χ2n) is 7.55. The number of hydrogen-bond acceptors (Lipinski definition) is 4. The number of rotatable bonds is 3. The topological polar surface area (TPSA) is 36.0 Å². The first-order valence-corrected chi connectivity index (χ1v) is 8.43. The van der Waals surface area contributed by atoms with E-state index in [-0.39, 0.29) is 18.2 Å². The van der Waals surface area contributed by atoms with Gasteiger partial charge in [-0.3, -0.25) is 0 Å². The lowest BCUT2D eigenvalue weighted by atomic mass is 10.1. The molecule has 1 aliphatic heterocycles. The van der Waals surface area contributed by atoms with Crippen LogP contribution in [0.1, 0.15) is 26.3 Å². The van der Waals surface area contributed by atoms with Crippen molar-refractivity contribution in [3.05, 3.63) is 29.3 Å². The van der Waals surface area contributed by atoms with E-state index in [4.69, 9.17) is 4.74 Å². The monoisotopic (exact) mass is 355 g/mol. The second-order valence-corrected chi connectivity index (χ2v) is 7.55. The predicted octanol–water partition coefficient (Wildman–Crippen LogP) is 3.08. The Bertz CT molecular complexity index is 621. The van der Waals surface area contributed by atoms with Gasteiger partial charge in [0.1, 0.15) is 11.4 Å². The molecule has 0 N–H and O–H groups in total. The summed E-state index contributed by atoms with van der Waals surface area (Å²) < 4.78 is 34.0. The van der Waals surface area contributed by atoms with Crippen LogP contribution in [0.3, 0.4) is 0 Å². The van der Waals surface area contributed by atoms with Crippen molar-refractivity contribution in [3.63, 3.8) is 0 Å². The number of ether oxygens (including phenoxy) is 1. The quantitative estimate of drug-likeness (QED) is 0.835. The molecule has 25 heavy (non-hydrogen) atoms. The smallest absolute Gasteiger partial charge is 0.410 e.